The Hall–Kier alpha value is -1.04. The zero-order valence-electron chi connectivity index (χ0n) is 12.3. The van der Waals surface area contributed by atoms with Gasteiger partial charge in [-0.3, -0.25) is 9.69 Å². The fraction of sp³-hybridized carbons (Fsp3) is 0.533. The second kappa shape index (κ2) is 7.11. The Morgan fingerprint density at radius 2 is 2.15 bits per heavy atom. The molecule has 1 N–H and O–H groups in total. The third kappa shape index (κ3) is 3.75. The van der Waals surface area contributed by atoms with E-state index in [9.17, 15) is 4.79 Å². The van der Waals surface area contributed by atoms with E-state index in [1.807, 2.05) is 37.4 Å². The molecule has 1 aromatic carbocycles. The molecular weight excluding hydrogens is 272 g/mol. The predicted molar refractivity (Wildman–Crippen MR) is 83.3 cm³/mol. The van der Waals surface area contributed by atoms with Gasteiger partial charge in [0.25, 0.3) is 0 Å². The molecule has 1 aromatic rings. The molecule has 110 valence electrons. The molecule has 2 atom stereocenters. The van der Waals surface area contributed by atoms with E-state index in [2.05, 4.69) is 10.2 Å². The van der Waals surface area contributed by atoms with Crippen molar-refractivity contribution in [1.29, 1.82) is 0 Å². The van der Waals surface area contributed by atoms with Gasteiger partial charge in [-0.25, -0.2) is 0 Å². The van der Waals surface area contributed by atoms with Crippen LogP contribution >= 0.6 is 11.8 Å². The SMILES string of the molecule is CO[C@@H]1CCN(C(C)C(=O)Nc2ccc(SC)cc2)C1. The third-order valence-corrected chi connectivity index (χ3v) is 4.54. The van der Waals surface area contributed by atoms with Crippen molar-refractivity contribution in [2.45, 2.75) is 30.4 Å². The molecule has 4 nitrogen and oxygen atoms in total. The van der Waals surface area contributed by atoms with Gasteiger partial charge in [0.05, 0.1) is 12.1 Å². The maximum atomic E-state index is 12.3. The van der Waals surface area contributed by atoms with Crippen LogP contribution in [0.15, 0.2) is 29.2 Å². The Bertz CT molecular complexity index is 450. The summed E-state index contributed by atoms with van der Waals surface area (Å²) < 4.78 is 5.34. The van der Waals surface area contributed by atoms with E-state index in [1.54, 1.807) is 18.9 Å². The van der Waals surface area contributed by atoms with Gasteiger partial charge in [0, 0.05) is 30.8 Å². The number of anilines is 1. The van der Waals surface area contributed by atoms with E-state index < -0.39 is 0 Å². The van der Waals surface area contributed by atoms with Gasteiger partial charge in [-0.15, -0.1) is 11.8 Å². The largest absolute Gasteiger partial charge is 0.380 e. The average molecular weight is 294 g/mol. The molecule has 1 aliphatic heterocycles. The monoisotopic (exact) mass is 294 g/mol. The lowest BCUT2D eigenvalue weighted by Crippen LogP contribution is -2.41. The molecule has 0 aliphatic carbocycles. The second-order valence-corrected chi connectivity index (χ2v) is 5.91. The van der Waals surface area contributed by atoms with Crippen LogP contribution in [0.3, 0.4) is 0 Å². The Kier molecular flexibility index (Phi) is 5.46. The molecule has 0 bridgehead atoms. The predicted octanol–water partition coefficient (Wildman–Crippen LogP) is 2.46. The molecule has 0 radical (unpaired) electrons. The maximum absolute atomic E-state index is 12.3. The molecule has 1 aliphatic rings. The summed E-state index contributed by atoms with van der Waals surface area (Å²) in [7, 11) is 1.73. The van der Waals surface area contributed by atoms with E-state index in [0.717, 1.165) is 25.2 Å². The number of amides is 1. The first-order chi connectivity index (χ1) is 9.63. The minimum atomic E-state index is -0.129. The number of nitrogens with zero attached hydrogens (tertiary/aromatic N) is 1. The molecule has 1 fully saturated rings. The summed E-state index contributed by atoms with van der Waals surface area (Å²) in [5.74, 6) is 0.0404. The number of carbonyl (C=O) groups excluding carboxylic acids is 1. The number of carbonyl (C=O) groups is 1. The highest BCUT2D eigenvalue weighted by atomic mass is 32.2. The minimum absolute atomic E-state index is 0.0404. The van der Waals surface area contributed by atoms with Crippen LogP contribution in [0.5, 0.6) is 0 Å². The first-order valence-corrected chi connectivity index (χ1v) is 8.08. The highest BCUT2D eigenvalue weighted by molar-refractivity contribution is 7.98. The van der Waals surface area contributed by atoms with Gasteiger partial charge < -0.3 is 10.1 Å². The molecular formula is C15H22N2O2S. The molecule has 2 rings (SSSR count). The third-order valence-electron chi connectivity index (χ3n) is 3.79. The van der Waals surface area contributed by atoms with Gasteiger partial charge >= 0.3 is 0 Å². The van der Waals surface area contributed by atoms with Crippen LogP contribution in [0.25, 0.3) is 0 Å². The van der Waals surface area contributed by atoms with Gasteiger partial charge in [-0.2, -0.15) is 0 Å². The topological polar surface area (TPSA) is 41.6 Å². The van der Waals surface area contributed by atoms with E-state index in [1.165, 1.54) is 4.90 Å². The van der Waals surface area contributed by atoms with Crippen LogP contribution in [0.2, 0.25) is 0 Å². The van der Waals surface area contributed by atoms with Crippen molar-refractivity contribution in [2.75, 3.05) is 31.8 Å². The standard InChI is InChI=1S/C15H22N2O2S/c1-11(17-9-8-13(10-17)19-2)15(18)16-12-4-6-14(20-3)7-5-12/h4-7,11,13H,8-10H2,1-3H3,(H,16,18)/t11?,13-/m1/s1. The van der Waals surface area contributed by atoms with Gasteiger partial charge in [0.1, 0.15) is 0 Å². The van der Waals surface area contributed by atoms with E-state index in [0.29, 0.717) is 0 Å². The second-order valence-electron chi connectivity index (χ2n) is 5.04. The van der Waals surface area contributed by atoms with Crippen molar-refractivity contribution in [3.05, 3.63) is 24.3 Å². The fourth-order valence-electron chi connectivity index (χ4n) is 2.38. The first kappa shape index (κ1) is 15.4. The van der Waals surface area contributed by atoms with E-state index in [-0.39, 0.29) is 18.1 Å². The lowest BCUT2D eigenvalue weighted by atomic mass is 10.2. The van der Waals surface area contributed by atoms with Crippen LogP contribution in [0, 0.1) is 0 Å². The van der Waals surface area contributed by atoms with Crippen LogP contribution in [-0.4, -0.2) is 49.4 Å². The summed E-state index contributed by atoms with van der Waals surface area (Å²) in [5.41, 5.74) is 0.849. The molecule has 5 heteroatoms. The van der Waals surface area contributed by atoms with Crippen molar-refractivity contribution in [1.82, 2.24) is 4.90 Å². The number of ether oxygens (including phenoxy) is 1. The normalized spacial score (nSPS) is 20.9. The Morgan fingerprint density at radius 1 is 1.45 bits per heavy atom. The molecule has 0 spiro atoms. The summed E-state index contributed by atoms with van der Waals surface area (Å²) in [6.07, 6.45) is 3.29. The van der Waals surface area contributed by atoms with Crippen molar-refractivity contribution >= 4 is 23.4 Å². The summed E-state index contributed by atoms with van der Waals surface area (Å²) in [5, 5.41) is 2.97. The molecule has 1 saturated heterocycles. The number of hydrogen-bond acceptors (Lipinski definition) is 4. The van der Waals surface area contributed by atoms with Gasteiger partial charge in [0.15, 0.2) is 0 Å². The molecule has 1 amide bonds. The highest BCUT2D eigenvalue weighted by Gasteiger charge is 2.29. The van der Waals surface area contributed by atoms with Crippen molar-refractivity contribution < 1.29 is 9.53 Å². The van der Waals surface area contributed by atoms with Crippen molar-refractivity contribution in [3.63, 3.8) is 0 Å². The van der Waals surface area contributed by atoms with Crippen LogP contribution < -0.4 is 5.32 Å². The molecule has 0 aromatic heterocycles. The average Bonchev–Trinajstić information content (AvgIpc) is 2.96. The summed E-state index contributed by atoms with van der Waals surface area (Å²) in [4.78, 5) is 15.6. The summed E-state index contributed by atoms with van der Waals surface area (Å²) in [6, 6.07) is 7.79. The number of benzene rings is 1. The van der Waals surface area contributed by atoms with E-state index in [4.69, 9.17) is 4.74 Å². The van der Waals surface area contributed by atoms with Crippen LogP contribution in [-0.2, 0) is 9.53 Å². The van der Waals surface area contributed by atoms with Crippen molar-refractivity contribution in [3.8, 4) is 0 Å². The van der Waals surface area contributed by atoms with Crippen molar-refractivity contribution in [2.24, 2.45) is 0 Å². The fourth-order valence-corrected chi connectivity index (χ4v) is 2.79. The summed E-state index contributed by atoms with van der Waals surface area (Å²) in [6.45, 7) is 3.69. The lowest BCUT2D eigenvalue weighted by Gasteiger charge is -2.23. The Morgan fingerprint density at radius 3 is 2.70 bits per heavy atom. The van der Waals surface area contributed by atoms with Gasteiger partial charge in [0.2, 0.25) is 5.91 Å². The number of hydrogen-bond donors (Lipinski definition) is 1. The number of methoxy groups -OCH3 is 1. The zero-order valence-corrected chi connectivity index (χ0v) is 13.1. The smallest absolute Gasteiger partial charge is 0.241 e. The number of nitrogens with one attached hydrogen (secondary N) is 1. The minimum Gasteiger partial charge on any atom is -0.380 e. The first-order valence-electron chi connectivity index (χ1n) is 6.85. The molecule has 0 saturated carbocycles. The van der Waals surface area contributed by atoms with Gasteiger partial charge in [-0.1, -0.05) is 0 Å². The maximum Gasteiger partial charge on any atom is 0.241 e. The Balaban J connectivity index is 1.90. The van der Waals surface area contributed by atoms with Crippen LogP contribution in [0.4, 0.5) is 5.69 Å². The zero-order chi connectivity index (χ0) is 14.5. The van der Waals surface area contributed by atoms with Gasteiger partial charge in [-0.05, 0) is 43.9 Å². The number of thioether (sulfide) groups is 1. The Labute approximate surface area is 124 Å². The number of likely N-dealkylation sites (tertiary alicyclic amines) is 1. The number of rotatable bonds is 5. The van der Waals surface area contributed by atoms with E-state index >= 15 is 0 Å². The molecule has 1 heterocycles. The van der Waals surface area contributed by atoms with Crippen LogP contribution in [0.1, 0.15) is 13.3 Å². The summed E-state index contributed by atoms with van der Waals surface area (Å²) >= 11 is 1.69. The lowest BCUT2D eigenvalue weighted by molar-refractivity contribution is -0.120. The quantitative estimate of drug-likeness (QED) is 0.847. The highest BCUT2D eigenvalue weighted by Crippen LogP contribution is 2.19. The molecule has 20 heavy (non-hydrogen) atoms. The molecule has 1 unspecified atom stereocenters.